The Balaban J connectivity index is 3.36. The van der Waals surface area contributed by atoms with Crippen molar-refractivity contribution < 1.29 is 18.7 Å². The summed E-state index contributed by atoms with van der Waals surface area (Å²) < 4.78 is 20.2. The second-order valence-electron chi connectivity index (χ2n) is 3.58. The Morgan fingerprint density at radius 3 is 2.50 bits per heavy atom. The van der Waals surface area contributed by atoms with Crippen molar-refractivity contribution in [1.82, 2.24) is 0 Å². The summed E-state index contributed by atoms with van der Waals surface area (Å²) in [7, 11) is 0. The molecule has 0 amide bonds. The van der Waals surface area contributed by atoms with Gasteiger partial charge in [-0.1, -0.05) is 19.4 Å². The quantitative estimate of drug-likeness (QED) is 0.794. The summed E-state index contributed by atoms with van der Waals surface area (Å²) in [4.78, 5) is 11.1. The molecule has 1 aromatic carbocycles. The highest BCUT2D eigenvalue weighted by molar-refractivity contribution is 7.79. The molecule has 1 unspecified atom stereocenters. The van der Waals surface area contributed by atoms with Gasteiger partial charge in [0.25, 0.3) is 0 Å². The van der Waals surface area contributed by atoms with Crippen molar-refractivity contribution >= 4 is 17.0 Å². The average Bonchev–Trinajstić information content (AvgIpc) is 2.17. The molecule has 4 nitrogen and oxygen atoms in total. The van der Waals surface area contributed by atoms with Crippen LogP contribution in [0.4, 0.5) is 0 Å². The number of hydrogen-bond acceptors (Lipinski definition) is 2. The third-order valence-electron chi connectivity index (χ3n) is 2.35. The van der Waals surface area contributed by atoms with Crippen LogP contribution in [-0.4, -0.2) is 19.8 Å². The molecule has 88 valence electrons. The normalized spacial score (nSPS) is 12.4. The van der Waals surface area contributed by atoms with Gasteiger partial charge in [-0.15, -0.1) is 0 Å². The highest BCUT2D eigenvalue weighted by Gasteiger charge is 2.14. The molecule has 1 atom stereocenters. The first-order valence-electron chi connectivity index (χ1n) is 4.95. The number of carbonyl (C=O) groups is 1. The summed E-state index contributed by atoms with van der Waals surface area (Å²) >= 11 is -2.14. The molecule has 0 heterocycles. The van der Waals surface area contributed by atoms with Crippen LogP contribution in [0, 0.1) is 6.92 Å². The van der Waals surface area contributed by atoms with Gasteiger partial charge in [0.05, 0.1) is 10.5 Å². The molecule has 5 heteroatoms. The van der Waals surface area contributed by atoms with Crippen LogP contribution in [0.2, 0.25) is 0 Å². The lowest BCUT2D eigenvalue weighted by Gasteiger charge is -2.09. The second-order valence-corrected chi connectivity index (χ2v) is 4.52. The van der Waals surface area contributed by atoms with E-state index in [4.69, 9.17) is 9.66 Å². The van der Waals surface area contributed by atoms with Crippen LogP contribution in [-0.2, 0) is 17.5 Å². The molecule has 0 fully saturated rings. The Bertz CT molecular complexity index is 440. The summed E-state index contributed by atoms with van der Waals surface area (Å²) in [5.74, 6) is -1.08. The standard InChI is InChI=1S/C11H14O4S/c1-3-4-8-5-7(2)9(11(12)13)6-10(8)16(14)15/h5-6H,3-4H2,1-2H3,(H,12,13)(H,14,15). The largest absolute Gasteiger partial charge is 0.478 e. The van der Waals surface area contributed by atoms with E-state index in [9.17, 15) is 9.00 Å². The second kappa shape index (κ2) is 5.23. The molecule has 0 saturated heterocycles. The average molecular weight is 242 g/mol. The summed E-state index contributed by atoms with van der Waals surface area (Å²) in [6.45, 7) is 3.65. The van der Waals surface area contributed by atoms with Crippen molar-refractivity contribution in [2.45, 2.75) is 31.6 Å². The maximum Gasteiger partial charge on any atom is 0.335 e. The van der Waals surface area contributed by atoms with E-state index in [-0.39, 0.29) is 10.5 Å². The van der Waals surface area contributed by atoms with Gasteiger partial charge in [0, 0.05) is 0 Å². The summed E-state index contributed by atoms with van der Waals surface area (Å²) in [6, 6.07) is 2.97. The van der Waals surface area contributed by atoms with Crippen LogP contribution in [0.3, 0.4) is 0 Å². The number of carboxylic acids is 1. The molecule has 2 N–H and O–H groups in total. The van der Waals surface area contributed by atoms with E-state index >= 15 is 0 Å². The Kier molecular flexibility index (Phi) is 4.20. The van der Waals surface area contributed by atoms with E-state index in [1.165, 1.54) is 6.07 Å². The predicted molar refractivity (Wildman–Crippen MR) is 61.2 cm³/mol. The molecule has 0 saturated carbocycles. The molecule has 0 aliphatic heterocycles. The van der Waals surface area contributed by atoms with Crippen molar-refractivity contribution in [3.63, 3.8) is 0 Å². The van der Waals surface area contributed by atoms with Crippen molar-refractivity contribution in [3.05, 3.63) is 28.8 Å². The van der Waals surface area contributed by atoms with Crippen molar-refractivity contribution in [2.24, 2.45) is 0 Å². The molecule has 0 bridgehead atoms. The minimum Gasteiger partial charge on any atom is -0.478 e. The number of rotatable bonds is 4. The molecular formula is C11H14O4S. The summed E-state index contributed by atoms with van der Waals surface area (Å²) in [5, 5.41) is 8.91. The molecular weight excluding hydrogens is 228 g/mol. The van der Waals surface area contributed by atoms with E-state index in [1.807, 2.05) is 6.92 Å². The van der Waals surface area contributed by atoms with Crippen molar-refractivity contribution in [1.29, 1.82) is 0 Å². The van der Waals surface area contributed by atoms with Crippen LogP contribution in [0.25, 0.3) is 0 Å². The van der Waals surface area contributed by atoms with Gasteiger partial charge in [0.1, 0.15) is 0 Å². The minimum absolute atomic E-state index is 0.0808. The van der Waals surface area contributed by atoms with Gasteiger partial charge in [-0.3, -0.25) is 0 Å². The predicted octanol–water partition coefficient (Wildman–Crippen LogP) is 2.23. The van der Waals surface area contributed by atoms with Gasteiger partial charge in [-0.25, -0.2) is 9.00 Å². The third-order valence-corrected chi connectivity index (χ3v) is 3.10. The first-order valence-corrected chi connectivity index (χ1v) is 6.05. The SMILES string of the molecule is CCCc1cc(C)c(C(=O)O)cc1S(=O)O. The Hall–Kier alpha value is -1.20. The molecule has 0 spiro atoms. The van der Waals surface area contributed by atoms with E-state index in [2.05, 4.69) is 0 Å². The minimum atomic E-state index is -2.14. The monoisotopic (exact) mass is 242 g/mol. The zero-order valence-corrected chi connectivity index (χ0v) is 10.0. The van der Waals surface area contributed by atoms with Gasteiger partial charge < -0.3 is 9.66 Å². The fourth-order valence-electron chi connectivity index (χ4n) is 1.61. The summed E-state index contributed by atoms with van der Waals surface area (Å²) in [6.07, 6.45) is 1.51. The van der Waals surface area contributed by atoms with Crippen LogP contribution in [0.5, 0.6) is 0 Å². The number of aromatic carboxylic acids is 1. The maximum absolute atomic E-state index is 11.1. The third kappa shape index (κ3) is 2.68. The highest BCUT2D eigenvalue weighted by Crippen LogP contribution is 2.20. The lowest BCUT2D eigenvalue weighted by Crippen LogP contribution is -2.05. The number of carboxylic acid groups (broad SMARTS) is 1. The smallest absolute Gasteiger partial charge is 0.335 e. The van der Waals surface area contributed by atoms with Crippen LogP contribution in [0.15, 0.2) is 17.0 Å². The topological polar surface area (TPSA) is 74.6 Å². The van der Waals surface area contributed by atoms with Crippen molar-refractivity contribution in [2.75, 3.05) is 0 Å². The van der Waals surface area contributed by atoms with E-state index in [0.717, 1.165) is 12.0 Å². The summed E-state index contributed by atoms with van der Waals surface area (Å²) in [5.41, 5.74) is 1.44. The molecule has 0 aliphatic carbocycles. The molecule has 1 rings (SSSR count). The van der Waals surface area contributed by atoms with Crippen molar-refractivity contribution in [3.8, 4) is 0 Å². The highest BCUT2D eigenvalue weighted by atomic mass is 32.2. The Morgan fingerprint density at radius 2 is 2.06 bits per heavy atom. The zero-order chi connectivity index (χ0) is 12.3. The first kappa shape index (κ1) is 12.9. The molecule has 0 aliphatic rings. The molecule has 0 radical (unpaired) electrons. The Labute approximate surface area is 96.6 Å². The first-order chi connectivity index (χ1) is 7.47. The fourth-order valence-corrected chi connectivity index (χ4v) is 2.21. The van der Waals surface area contributed by atoms with Crippen LogP contribution < -0.4 is 0 Å². The van der Waals surface area contributed by atoms with Gasteiger partial charge in [0.2, 0.25) is 0 Å². The van der Waals surface area contributed by atoms with E-state index in [0.29, 0.717) is 12.0 Å². The van der Waals surface area contributed by atoms with E-state index in [1.54, 1.807) is 13.0 Å². The number of aryl methyl sites for hydroxylation is 2. The molecule has 0 aromatic heterocycles. The van der Waals surface area contributed by atoms with Gasteiger partial charge in [-0.05, 0) is 30.5 Å². The van der Waals surface area contributed by atoms with Crippen LogP contribution in [0.1, 0.15) is 34.8 Å². The van der Waals surface area contributed by atoms with E-state index < -0.39 is 17.0 Å². The molecule has 1 aromatic rings. The lowest BCUT2D eigenvalue weighted by atomic mass is 10.0. The number of hydrogen-bond donors (Lipinski definition) is 2. The van der Waals surface area contributed by atoms with Crippen LogP contribution >= 0.6 is 0 Å². The Morgan fingerprint density at radius 1 is 1.44 bits per heavy atom. The zero-order valence-electron chi connectivity index (χ0n) is 9.19. The lowest BCUT2D eigenvalue weighted by molar-refractivity contribution is 0.0696. The molecule has 16 heavy (non-hydrogen) atoms. The maximum atomic E-state index is 11.1. The van der Waals surface area contributed by atoms with Gasteiger partial charge >= 0.3 is 5.97 Å². The fraction of sp³-hybridized carbons (Fsp3) is 0.364. The van der Waals surface area contributed by atoms with Gasteiger partial charge in [-0.2, -0.15) is 0 Å². The van der Waals surface area contributed by atoms with Gasteiger partial charge in [0.15, 0.2) is 11.1 Å². The number of benzene rings is 1.